The lowest BCUT2D eigenvalue weighted by Gasteiger charge is -2.33. The molecule has 0 saturated carbocycles. The van der Waals surface area contributed by atoms with Crippen LogP contribution in [-0.4, -0.2) is 0 Å². The molecule has 8 aromatic carbocycles. The largest absolute Gasteiger partial charge is 0.311 e. The predicted molar refractivity (Wildman–Crippen MR) is 270 cm³/mol. The van der Waals surface area contributed by atoms with Gasteiger partial charge in [0.2, 0.25) is 0 Å². The molecule has 1 aliphatic carbocycles. The van der Waals surface area contributed by atoms with Crippen molar-refractivity contribution >= 4 is 34.1 Å². The molecule has 0 radical (unpaired) electrons. The molecule has 2 nitrogen and oxygen atoms in total. The van der Waals surface area contributed by atoms with Gasteiger partial charge in [-0.15, -0.1) is 0 Å². The van der Waals surface area contributed by atoms with Crippen LogP contribution in [-0.2, 0) is 5.41 Å². The first-order valence-electron chi connectivity index (χ1n) is 23.5. The van der Waals surface area contributed by atoms with Crippen LogP contribution >= 0.6 is 0 Å². The zero-order chi connectivity index (χ0) is 42.9. The van der Waals surface area contributed by atoms with Crippen LogP contribution in [0.15, 0.2) is 206 Å². The highest BCUT2D eigenvalue weighted by molar-refractivity contribution is 5.87. The Morgan fingerprint density at radius 2 is 0.603 bits per heavy atom. The number of unbranched alkanes of at least 4 members (excludes halogenated alkanes) is 6. The van der Waals surface area contributed by atoms with Crippen molar-refractivity contribution in [2.24, 2.45) is 0 Å². The molecular weight excluding hydrogens is 761 g/mol. The van der Waals surface area contributed by atoms with E-state index < -0.39 is 0 Å². The summed E-state index contributed by atoms with van der Waals surface area (Å²) in [6, 6.07) is 75.9. The summed E-state index contributed by atoms with van der Waals surface area (Å²) in [7, 11) is 0. The van der Waals surface area contributed by atoms with E-state index in [1.807, 2.05) is 0 Å². The van der Waals surface area contributed by atoms with Crippen LogP contribution in [0.3, 0.4) is 0 Å². The van der Waals surface area contributed by atoms with Crippen LogP contribution in [0.2, 0.25) is 0 Å². The molecule has 0 spiro atoms. The van der Waals surface area contributed by atoms with E-state index in [4.69, 9.17) is 0 Å². The maximum Gasteiger partial charge on any atom is 0.0462 e. The van der Waals surface area contributed by atoms with Crippen LogP contribution in [0.5, 0.6) is 0 Å². The molecule has 0 unspecified atom stereocenters. The number of rotatable bonds is 18. The third-order valence-electron chi connectivity index (χ3n) is 13.2. The minimum atomic E-state index is -0.0348. The number of benzene rings is 8. The molecule has 0 fully saturated rings. The Hall–Kier alpha value is -6.64. The molecule has 0 atom stereocenters. The highest BCUT2D eigenvalue weighted by Gasteiger charge is 2.42. The fourth-order valence-electron chi connectivity index (χ4n) is 10.0. The van der Waals surface area contributed by atoms with Crippen molar-refractivity contribution in [3.05, 3.63) is 217 Å². The van der Waals surface area contributed by atoms with Gasteiger partial charge in [0.15, 0.2) is 0 Å². The summed E-state index contributed by atoms with van der Waals surface area (Å²) < 4.78 is 0. The van der Waals surface area contributed by atoms with E-state index in [1.54, 1.807) is 0 Å². The summed E-state index contributed by atoms with van der Waals surface area (Å²) in [6.45, 7) is 4.65. The van der Waals surface area contributed by atoms with E-state index in [9.17, 15) is 0 Å². The summed E-state index contributed by atoms with van der Waals surface area (Å²) in [5.41, 5.74) is 17.9. The van der Waals surface area contributed by atoms with E-state index in [0.29, 0.717) is 0 Å². The van der Waals surface area contributed by atoms with Gasteiger partial charge < -0.3 is 9.80 Å². The number of hydrogen-bond acceptors (Lipinski definition) is 2. The quantitative estimate of drug-likeness (QED) is 0.0796. The van der Waals surface area contributed by atoms with Gasteiger partial charge in [-0.25, -0.2) is 0 Å². The normalized spacial score (nSPS) is 12.4. The monoisotopic (exact) mass is 820 g/mol. The second-order valence-corrected chi connectivity index (χ2v) is 17.3. The van der Waals surface area contributed by atoms with Gasteiger partial charge >= 0.3 is 0 Å². The molecule has 9 rings (SSSR count). The van der Waals surface area contributed by atoms with Gasteiger partial charge in [-0.2, -0.15) is 0 Å². The van der Waals surface area contributed by atoms with Crippen molar-refractivity contribution in [3.8, 4) is 33.4 Å². The Morgan fingerprint density at radius 3 is 0.921 bits per heavy atom. The number of nitrogens with zero attached hydrogens (tertiary/aromatic N) is 2. The first-order valence-corrected chi connectivity index (χ1v) is 23.5. The van der Waals surface area contributed by atoms with E-state index in [0.717, 1.165) is 34.1 Å². The molecule has 63 heavy (non-hydrogen) atoms. The molecular formula is C61H60N2. The Labute approximate surface area is 376 Å². The molecule has 0 saturated heterocycles. The molecule has 1 aliphatic rings. The Kier molecular flexibility index (Phi) is 13.0. The highest BCUT2D eigenvalue weighted by Crippen LogP contribution is 2.56. The standard InChI is InChI=1S/C61H60N2/c1-3-5-7-21-43-61(44-22-8-6-4-2)59-45-49(47-31-37-55(38-32-47)62(51-23-13-9-14-24-51)52-25-15-10-16-26-52)35-41-57(59)58-42-36-50(46-60(58)61)48-33-39-56(40-34-48)63(53-27-17-11-18-28-53)54-29-19-12-20-30-54/h9-20,23-42,45-46H,3-8,21-22,43-44H2,1-2H3. The number of fused-ring (bicyclic) bond motifs is 3. The topological polar surface area (TPSA) is 6.48 Å². The predicted octanol–water partition coefficient (Wildman–Crippen LogP) is 18.2. The third kappa shape index (κ3) is 8.86. The first-order chi connectivity index (χ1) is 31.2. The van der Waals surface area contributed by atoms with Crippen molar-refractivity contribution in [3.63, 3.8) is 0 Å². The third-order valence-corrected chi connectivity index (χ3v) is 13.2. The van der Waals surface area contributed by atoms with Gasteiger partial charge in [0.25, 0.3) is 0 Å². The molecule has 0 bridgehead atoms. The Bertz CT molecular complexity index is 2400. The van der Waals surface area contributed by atoms with E-state index in [2.05, 4.69) is 230 Å². The van der Waals surface area contributed by atoms with Crippen LogP contribution in [0, 0.1) is 0 Å². The number of hydrogen-bond donors (Lipinski definition) is 0. The van der Waals surface area contributed by atoms with Crippen LogP contribution in [0.1, 0.15) is 89.2 Å². The van der Waals surface area contributed by atoms with E-state index in [-0.39, 0.29) is 5.41 Å². The fourth-order valence-corrected chi connectivity index (χ4v) is 10.0. The summed E-state index contributed by atoms with van der Waals surface area (Å²) in [5, 5.41) is 0. The van der Waals surface area contributed by atoms with Crippen molar-refractivity contribution in [2.45, 2.75) is 83.5 Å². The Morgan fingerprint density at radius 1 is 0.302 bits per heavy atom. The molecule has 0 aliphatic heterocycles. The average Bonchev–Trinajstić information content (AvgIpc) is 3.61. The Balaban J connectivity index is 1.09. The number of anilines is 6. The molecule has 0 N–H and O–H groups in total. The first kappa shape index (κ1) is 41.7. The van der Waals surface area contributed by atoms with Crippen LogP contribution in [0.25, 0.3) is 33.4 Å². The SMILES string of the molecule is CCCCCCC1(CCCCCC)c2cc(-c3ccc(N(c4ccccc4)c4ccccc4)cc3)ccc2-c2ccc(-c3ccc(N(c4ccccc4)c4ccccc4)cc3)cc21. The van der Waals surface area contributed by atoms with Crippen molar-refractivity contribution < 1.29 is 0 Å². The van der Waals surface area contributed by atoms with E-state index >= 15 is 0 Å². The maximum atomic E-state index is 2.58. The highest BCUT2D eigenvalue weighted by atomic mass is 15.1. The molecule has 0 amide bonds. The van der Waals surface area contributed by atoms with Gasteiger partial charge in [0, 0.05) is 39.5 Å². The van der Waals surface area contributed by atoms with Crippen molar-refractivity contribution in [2.75, 3.05) is 9.80 Å². The summed E-state index contributed by atoms with van der Waals surface area (Å²) in [6.07, 6.45) is 12.4. The van der Waals surface area contributed by atoms with Gasteiger partial charge in [0.05, 0.1) is 0 Å². The fraction of sp³-hybridized carbons (Fsp3) is 0.213. The van der Waals surface area contributed by atoms with Gasteiger partial charge in [0.1, 0.15) is 0 Å². The van der Waals surface area contributed by atoms with Crippen LogP contribution < -0.4 is 9.80 Å². The number of para-hydroxylation sites is 4. The minimum Gasteiger partial charge on any atom is -0.311 e. The smallest absolute Gasteiger partial charge is 0.0462 e. The lowest BCUT2D eigenvalue weighted by atomic mass is 9.70. The zero-order valence-electron chi connectivity index (χ0n) is 37.1. The minimum absolute atomic E-state index is 0.0348. The van der Waals surface area contributed by atoms with Crippen molar-refractivity contribution in [1.29, 1.82) is 0 Å². The van der Waals surface area contributed by atoms with Gasteiger partial charge in [-0.1, -0.05) is 187 Å². The molecule has 8 aromatic rings. The zero-order valence-corrected chi connectivity index (χ0v) is 37.1. The molecule has 2 heteroatoms. The second kappa shape index (κ2) is 19.6. The van der Waals surface area contributed by atoms with Gasteiger partial charge in [-0.3, -0.25) is 0 Å². The van der Waals surface area contributed by atoms with E-state index in [1.165, 1.54) is 109 Å². The lowest BCUT2D eigenvalue weighted by molar-refractivity contribution is 0.401. The lowest BCUT2D eigenvalue weighted by Crippen LogP contribution is -2.25. The summed E-state index contributed by atoms with van der Waals surface area (Å²) in [5.74, 6) is 0. The molecule has 0 aromatic heterocycles. The van der Waals surface area contributed by atoms with Gasteiger partial charge in [-0.05, 0) is 142 Å². The summed E-state index contributed by atoms with van der Waals surface area (Å²) in [4.78, 5) is 4.68. The summed E-state index contributed by atoms with van der Waals surface area (Å²) >= 11 is 0. The second-order valence-electron chi connectivity index (χ2n) is 17.3. The maximum absolute atomic E-state index is 2.58. The molecule has 0 heterocycles. The van der Waals surface area contributed by atoms with Crippen LogP contribution in [0.4, 0.5) is 34.1 Å². The average molecular weight is 821 g/mol. The molecule has 314 valence electrons. The van der Waals surface area contributed by atoms with Crippen molar-refractivity contribution in [1.82, 2.24) is 0 Å².